The first-order valence-corrected chi connectivity index (χ1v) is 5.23. The molecule has 0 aliphatic carbocycles. The van der Waals surface area contributed by atoms with Gasteiger partial charge in [0.05, 0.1) is 6.04 Å². The second kappa shape index (κ2) is 4.75. The van der Waals surface area contributed by atoms with Crippen LogP contribution in [0.25, 0.3) is 0 Å². The van der Waals surface area contributed by atoms with E-state index in [-0.39, 0.29) is 18.0 Å². The smallest absolute Gasteiger partial charge is 0.239 e. The summed E-state index contributed by atoms with van der Waals surface area (Å²) in [5.74, 6) is 0.116. The van der Waals surface area contributed by atoms with E-state index in [0.717, 1.165) is 25.9 Å². The Morgan fingerprint density at radius 1 is 1.64 bits per heavy atom. The summed E-state index contributed by atoms with van der Waals surface area (Å²) >= 11 is 0. The van der Waals surface area contributed by atoms with E-state index in [1.165, 1.54) is 0 Å². The number of rotatable bonds is 3. The predicted molar refractivity (Wildman–Crippen MR) is 56.9 cm³/mol. The van der Waals surface area contributed by atoms with Crippen LogP contribution >= 0.6 is 0 Å². The van der Waals surface area contributed by atoms with E-state index in [9.17, 15) is 4.79 Å². The molecule has 1 rings (SSSR count). The van der Waals surface area contributed by atoms with Crippen molar-refractivity contribution in [3.05, 3.63) is 0 Å². The molecule has 0 aromatic heterocycles. The second-order valence-electron chi connectivity index (χ2n) is 4.39. The number of likely N-dealkylation sites (tertiary alicyclic amines) is 1. The van der Waals surface area contributed by atoms with Gasteiger partial charge in [0, 0.05) is 19.1 Å². The Kier molecular flexibility index (Phi) is 3.89. The van der Waals surface area contributed by atoms with E-state index < -0.39 is 0 Å². The van der Waals surface area contributed by atoms with Gasteiger partial charge in [0.25, 0.3) is 0 Å². The third-order valence-corrected chi connectivity index (χ3v) is 2.68. The van der Waals surface area contributed by atoms with Crippen LogP contribution in [-0.4, -0.2) is 55.0 Å². The first-order chi connectivity index (χ1) is 6.52. The normalized spacial score (nSPS) is 25.6. The van der Waals surface area contributed by atoms with Crippen LogP contribution < -0.4 is 5.73 Å². The zero-order valence-electron chi connectivity index (χ0n) is 9.36. The van der Waals surface area contributed by atoms with Crippen molar-refractivity contribution < 1.29 is 4.79 Å². The molecule has 0 spiro atoms. The Hall–Kier alpha value is -0.610. The molecule has 1 fully saturated rings. The number of carbonyl (C=O) groups is 1. The number of hydrogen-bond acceptors (Lipinski definition) is 3. The van der Waals surface area contributed by atoms with Crippen molar-refractivity contribution >= 4 is 5.91 Å². The molecule has 1 saturated heterocycles. The number of nitrogens with zero attached hydrogens (tertiary/aromatic N) is 2. The van der Waals surface area contributed by atoms with Crippen LogP contribution in [0.3, 0.4) is 0 Å². The fraction of sp³-hybridized carbons (Fsp3) is 0.900. The highest BCUT2D eigenvalue weighted by Gasteiger charge is 2.28. The van der Waals surface area contributed by atoms with Crippen LogP contribution in [0.15, 0.2) is 0 Å². The number of carbonyl (C=O) groups excluding carboxylic acids is 1. The van der Waals surface area contributed by atoms with E-state index in [0.29, 0.717) is 0 Å². The molecule has 0 aromatic rings. The van der Waals surface area contributed by atoms with E-state index in [1.54, 1.807) is 0 Å². The van der Waals surface area contributed by atoms with E-state index in [4.69, 9.17) is 5.73 Å². The lowest BCUT2D eigenvalue weighted by Crippen LogP contribution is -2.53. The topological polar surface area (TPSA) is 49.6 Å². The van der Waals surface area contributed by atoms with Crippen LogP contribution in [0.4, 0.5) is 0 Å². The van der Waals surface area contributed by atoms with Crippen LogP contribution in [0, 0.1) is 0 Å². The van der Waals surface area contributed by atoms with Gasteiger partial charge in [-0.25, -0.2) is 0 Å². The molecule has 1 aliphatic heterocycles. The fourth-order valence-corrected chi connectivity index (χ4v) is 1.99. The van der Waals surface area contributed by atoms with Crippen molar-refractivity contribution in [2.75, 3.05) is 27.2 Å². The van der Waals surface area contributed by atoms with Gasteiger partial charge in [-0.3, -0.25) is 4.79 Å². The maximum Gasteiger partial charge on any atom is 0.239 e. The van der Waals surface area contributed by atoms with Gasteiger partial charge < -0.3 is 15.5 Å². The molecule has 2 N–H and O–H groups in total. The number of nitrogens with two attached hydrogens (primary N) is 1. The Bertz CT molecular complexity index is 206. The maximum atomic E-state index is 11.7. The third-order valence-electron chi connectivity index (χ3n) is 2.68. The minimum atomic E-state index is -0.270. The van der Waals surface area contributed by atoms with E-state index in [2.05, 4.69) is 11.8 Å². The van der Waals surface area contributed by atoms with Gasteiger partial charge in [-0.15, -0.1) is 0 Å². The molecule has 1 aliphatic rings. The Balaban J connectivity index is 2.53. The SMILES string of the molecule is CC(CN(C)C)N1CCCC(N)C1=O. The molecule has 0 saturated carbocycles. The van der Waals surface area contributed by atoms with Gasteiger partial charge >= 0.3 is 0 Å². The van der Waals surface area contributed by atoms with Crippen molar-refractivity contribution in [2.24, 2.45) is 5.73 Å². The van der Waals surface area contributed by atoms with Crippen molar-refractivity contribution in [1.82, 2.24) is 9.80 Å². The minimum Gasteiger partial charge on any atom is -0.337 e. The Labute approximate surface area is 86.0 Å². The molecule has 1 heterocycles. The quantitative estimate of drug-likeness (QED) is 0.690. The summed E-state index contributed by atoms with van der Waals surface area (Å²) in [6, 6.07) is -0.00258. The van der Waals surface area contributed by atoms with Crippen molar-refractivity contribution in [2.45, 2.75) is 31.8 Å². The molecule has 2 atom stereocenters. The third kappa shape index (κ3) is 2.69. The lowest BCUT2D eigenvalue weighted by atomic mass is 10.0. The average molecular weight is 199 g/mol. The number of hydrogen-bond donors (Lipinski definition) is 1. The standard InChI is InChI=1S/C10H21N3O/c1-8(7-12(2)3)13-6-4-5-9(11)10(13)14/h8-9H,4-7,11H2,1-3H3. The van der Waals surface area contributed by atoms with Crippen molar-refractivity contribution in [3.63, 3.8) is 0 Å². The molecule has 1 amide bonds. The van der Waals surface area contributed by atoms with Gasteiger partial charge in [0.1, 0.15) is 0 Å². The summed E-state index contributed by atoms with van der Waals surface area (Å²) in [4.78, 5) is 15.7. The average Bonchev–Trinajstić information content (AvgIpc) is 2.08. The molecule has 0 bridgehead atoms. The van der Waals surface area contributed by atoms with E-state index >= 15 is 0 Å². The highest BCUT2D eigenvalue weighted by molar-refractivity contribution is 5.82. The highest BCUT2D eigenvalue weighted by Crippen LogP contribution is 2.13. The van der Waals surface area contributed by atoms with Crippen molar-refractivity contribution in [3.8, 4) is 0 Å². The molecule has 2 unspecified atom stereocenters. The summed E-state index contributed by atoms with van der Waals surface area (Å²) in [5.41, 5.74) is 5.73. The number of likely N-dealkylation sites (N-methyl/N-ethyl adjacent to an activating group) is 1. The molecule has 4 heteroatoms. The second-order valence-corrected chi connectivity index (χ2v) is 4.39. The fourth-order valence-electron chi connectivity index (χ4n) is 1.99. The minimum absolute atomic E-state index is 0.116. The van der Waals surface area contributed by atoms with Crippen LogP contribution in [0.5, 0.6) is 0 Å². The highest BCUT2D eigenvalue weighted by atomic mass is 16.2. The van der Waals surface area contributed by atoms with E-state index in [1.807, 2.05) is 19.0 Å². The van der Waals surface area contributed by atoms with Gasteiger partial charge in [0.15, 0.2) is 0 Å². The summed E-state index contributed by atoms with van der Waals surface area (Å²) in [6.07, 6.45) is 1.87. The van der Waals surface area contributed by atoms with Crippen LogP contribution in [0.1, 0.15) is 19.8 Å². The molecule has 82 valence electrons. The molecular formula is C10H21N3O. The lowest BCUT2D eigenvalue weighted by Gasteiger charge is -2.36. The predicted octanol–water partition coefficient (Wildman–Crippen LogP) is -0.114. The van der Waals surface area contributed by atoms with Crippen molar-refractivity contribution in [1.29, 1.82) is 0 Å². The zero-order chi connectivity index (χ0) is 10.7. The summed E-state index contributed by atoms with van der Waals surface area (Å²) in [7, 11) is 4.04. The summed E-state index contributed by atoms with van der Waals surface area (Å²) in [6.45, 7) is 3.84. The Morgan fingerprint density at radius 2 is 2.29 bits per heavy atom. The van der Waals surface area contributed by atoms with Gasteiger partial charge in [-0.05, 0) is 33.9 Å². The number of piperidine rings is 1. The first kappa shape index (κ1) is 11.5. The van der Waals surface area contributed by atoms with Crippen LogP contribution in [0.2, 0.25) is 0 Å². The lowest BCUT2D eigenvalue weighted by molar-refractivity contribution is -0.137. The van der Waals surface area contributed by atoms with Gasteiger partial charge in [0.2, 0.25) is 5.91 Å². The molecular weight excluding hydrogens is 178 g/mol. The largest absolute Gasteiger partial charge is 0.337 e. The molecule has 14 heavy (non-hydrogen) atoms. The Morgan fingerprint density at radius 3 is 2.86 bits per heavy atom. The monoisotopic (exact) mass is 199 g/mol. The molecule has 0 aromatic carbocycles. The molecule has 0 radical (unpaired) electrons. The zero-order valence-corrected chi connectivity index (χ0v) is 9.36. The van der Waals surface area contributed by atoms with Gasteiger partial charge in [-0.1, -0.05) is 0 Å². The maximum absolute atomic E-state index is 11.7. The van der Waals surface area contributed by atoms with Gasteiger partial charge in [-0.2, -0.15) is 0 Å². The van der Waals surface area contributed by atoms with Crippen LogP contribution in [-0.2, 0) is 4.79 Å². The summed E-state index contributed by atoms with van der Waals surface area (Å²) in [5, 5.41) is 0. The number of amides is 1. The molecule has 4 nitrogen and oxygen atoms in total. The first-order valence-electron chi connectivity index (χ1n) is 5.23. The summed E-state index contributed by atoms with van der Waals surface area (Å²) < 4.78 is 0.